The molecule has 1 N–H and O–H groups in total. The molecular weight excluding hydrogens is 229 g/mol. The number of nitrogens with zero attached hydrogens (tertiary/aromatic N) is 1. The fourth-order valence-corrected chi connectivity index (χ4v) is 1.89. The average molecular weight is 250 g/mol. The SMILES string of the molecule is CC(C)=CCN1CCC(NCC(F)(F)F)CC1. The Morgan fingerprint density at radius 3 is 2.35 bits per heavy atom. The molecule has 0 amide bonds. The molecule has 2 nitrogen and oxygen atoms in total. The van der Waals surface area contributed by atoms with Gasteiger partial charge in [-0.05, 0) is 39.8 Å². The molecule has 17 heavy (non-hydrogen) atoms. The Bertz CT molecular complexity index is 249. The Balaban J connectivity index is 2.20. The molecule has 0 aromatic carbocycles. The summed E-state index contributed by atoms with van der Waals surface area (Å²) in [4.78, 5) is 2.28. The van der Waals surface area contributed by atoms with Gasteiger partial charge in [-0.25, -0.2) is 0 Å². The summed E-state index contributed by atoms with van der Waals surface area (Å²) in [6.45, 7) is 5.90. The van der Waals surface area contributed by atoms with Gasteiger partial charge in [-0.1, -0.05) is 11.6 Å². The highest BCUT2D eigenvalue weighted by molar-refractivity contribution is 4.95. The van der Waals surface area contributed by atoms with Crippen LogP contribution in [-0.2, 0) is 0 Å². The molecule has 0 atom stereocenters. The maximum atomic E-state index is 12.0. The number of nitrogens with one attached hydrogen (secondary N) is 1. The maximum Gasteiger partial charge on any atom is 0.401 e. The third kappa shape index (κ3) is 6.68. The van der Waals surface area contributed by atoms with Crippen LogP contribution < -0.4 is 5.32 Å². The van der Waals surface area contributed by atoms with Crippen LogP contribution in [0.15, 0.2) is 11.6 Å². The van der Waals surface area contributed by atoms with Gasteiger partial charge in [0.2, 0.25) is 0 Å². The van der Waals surface area contributed by atoms with E-state index in [1.807, 2.05) is 0 Å². The van der Waals surface area contributed by atoms with E-state index in [4.69, 9.17) is 0 Å². The van der Waals surface area contributed by atoms with Crippen LogP contribution in [0.2, 0.25) is 0 Å². The molecule has 1 aliphatic heterocycles. The predicted octanol–water partition coefficient (Wildman–Crippen LogP) is 2.57. The molecule has 0 saturated carbocycles. The minimum Gasteiger partial charge on any atom is -0.306 e. The van der Waals surface area contributed by atoms with E-state index in [9.17, 15) is 13.2 Å². The average Bonchev–Trinajstić information content (AvgIpc) is 2.24. The van der Waals surface area contributed by atoms with Crippen LogP contribution in [0.1, 0.15) is 26.7 Å². The van der Waals surface area contributed by atoms with Gasteiger partial charge in [-0.15, -0.1) is 0 Å². The van der Waals surface area contributed by atoms with Crippen molar-refractivity contribution in [2.75, 3.05) is 26.2 Å². The molecule has 5 heteroatoms. The summed E-state index contributed by atoms with van der Waals surface area (Å²) in [5.74, 6) is 0. The highest BCUT2D eigenvalue weighted by Crippen LogP contribution is 2.15. The van der Waals surface area contributed by atoms with Crippen LogP contribution in [0, 0.1) is 0 Å². The zero-order valence-electron chi connectivity index (χ0n) is 10.5. The topological polar surface area (TPSA) is 15.3 Å². The van der Waals surface area contributed by atoms with E-state index in [1.54, 1.807) is 0 Å². The van der Waals surface area contributed by atoms with Gasteiger partial charge in [0, 0.05) is 12.6 Å². The fraction of sp³-hybridized carbons (Fsp3) is 0.833. The van der Waals surface area contributed by atoms with Gasteiger partial charge in [-0.2, -0.15) is 13.2 Å². The molecule has 0 aromatic heterocycles. The van der Waals surface area contributed by atoms with Crippen LogP contribution in [0.5, 0.6) is 0 Å². The highest BCUT2D eigenvalue weighted by atomic mass is 19.4. The molecule has 1 heterocycles. The molecule has 0 radical (unpaired) electrons. The van der Waals surface area contributed by atoms with E-state index in [0.717, 1.165) is 32.5 Å². The summed E-state index contributed by atoms with van der Waals surface area (Å²) < 4.78 is 36.0. The highest BCUT2D eigenvalue weighted by Gasteiger charge is 2.29. The van der Waals surface area contributed by atoms with E-state index >= 15 is 0 Å². The van der Waals surface area contributed by atoms with Crippen molar-refractivity contribution in [3.8, 4) is 0 Å². The lowest BCUT2D eigenvalue weighted by molar-refractivity contribution is -0.126. The quantitative estimate of drug-likeness (QED) is 0.771. The number of rotatable bonds is 4. The Hall–Kier alpha value is -0.550. The van der Waals surface area contributed by atoms with Gasteiger partial charge in [0.15, 0.2) is 0 Å². The number of alkyl halides is 3. The van der Waals surface area contributed by atoms with Crippen molar-refractivity contribution in [3.63, 3.8) is 0 Å². The van der Waals surface area contributed by atoms with E-state index in [-0.39, 0.29) is 6.04 Å². The third-order valence-corrected chi connectivity index (χ3v) is 2.94. The summed E-state index contributed by atoms with van der Waals surface area (Å²) in [5.41, 5.74) is 1.28. The maximum absolute atomic E-state index is 12.0. The third-order valence-electron chi connectivity index (χ3n) is 2.94. The molecule has 1 fully saturated rings. The van der Waals surface area contributed by atoms with Gasteiger partial charge in [0.25, 0.3) is 0 Å². The number of hydrogen-bond acceptors (Lipinski definition) is 2. The second-order valence-electron chi connectivity index (χ2n) is 4.85. The summed E-state index contributed by atoms with van der Waals surface area (Å²) in [7, 11) is 0. The molecule has 1 rings (SSSR count). The van der Waals surface area contributed by atoms with Gasteiger partial charge in [-0.3, -0.25) is 4.90 Å². The molecule has 0 aromatic rings. The standard InChI is InChI=1S/C12H21F3N2/c1-10(2)3-6-17-7-4-11(5-8-17)16-9-12(13,14)15/h3,11,16H,4-9H2,1-2H3. The Morgan fingerprint density at radius 2 is 1.88 bits per heavy atom. The molecule has 1 aliphatic rings. The first kappa shape index (κ1) is 14.5. The smallest absolute Gasteiger partial charge is 0.306 e. The normalized spacial score (nSPS) is 19.4. The number of likely N-dealkylation sites (tertiary alicyclic amines) is 1. The second-order valence-corrected chi connectivity index (χ2v) is 4.85. The van der Waals surface area contributed by atoms with Crippen molar-refractivity contribution in [2.45, 2.75) is 38.9 Å². The van der Waals surface area contributed by atoms with Crippen LogP contribution in [0.3, 0.4) is 0 Å². The number of halogens is 3. The lowest BCUT2D eigenvalue weighted by Crippen LogP contribution is -2.45. The summed E-state index contributed by atoms with van der Waals surface area (Å²) in [6, 6.07) is 0.0135. The minimum atomic E-state index is -4.10. The van der Waals surface area contributed by atoms with Gasteiger partial charge in [0.1, 0.15) is 0 Å². The van der Waals surface area contributed by atoms with Crippen molar-refractivity contribution in [1.82, 2.24) is 10.2 Å². The monoisotopic (exact) mass is 250 g/mol. The van der Waals surface area contributed by atoms with Crippen LogP contribution in [0.25, 0.3) is 0 Å². The lowest BCUT2D eigenvalue weighted by Gasteiger charge is -2.32. The summed E-state index contributed by atoms with van der Waals surface area (Å²) in [5, 5.41) is 2.58. The van der Waals surface area contributed by atoms with E-state index < -0.39 is 12.7 Å². The number of piperidine rings is 1. The van der Waals surface area contributed by atoms with Gasteiger partial charge in [0.05, 0.1) is 6.54 Å². The summed E-state index contributed by atoms with van der Waals surface area (Å²) in [6.07, 6.45) is -0.345. The largest absolute Gasteiger partial charge is 0.401 e. The van der Waals surface area contributed by atoms with E-state index in [2.05, 4.69) is 30.1 Å². The summed E-state index contributed by atoms with van der Waals surface area (Å²) >= 11 is 0. The van der Waals surface area contributed by atoms with Crippen LogP contribution in [-0.4, -0.2) is 43.3 Å². The molecule has 0 unspecified atom stereocenters. The molecule has 100 valence electrons. The predicted molar refractivity (Wildman–Crippen MR) is 63.0 cm³/mol. The van der Waals surface area contributed by atoms with Crippen molar-refractivity contribution >= 4 is 0 Å². The lowest BCUT2D eigenvalue weighted by atomic mass is 10.0. The Morgan fingerprint density at radius 1 is 1.29 bits per heavy atom. The van der Waals surface area contributed by atoms with Crippen molar-refractivity contribution < 1.29 is 13.2 Å². The Kier molecular flexibility index (Phi) is 5.46. The first-order chi connectivity index (χ1) is 7.87. The van der Waals surface area contributed by atoms with E-state index in [1.165, 1.54) is 5.57 Å². The van der Waals surface area contributed by atoms with Gasteiger partial charge >= 0.3 is 6.18 Å². The fourth-order valence-electron chi connectivity index (χ4n) is 1.89. The number of allylic oxidation sites excluding steroid dienone is 1. The first-order valence-electron chi connectivity index (χ1n) is 6.02. The Labute approximate surface area is 101 Å². The molecule has 0 bridgehead atoms. The van der Waals surface area contributed by atoms with Gasteiger partial charge < -0.3 is 5.32 Å². The number of hydrogen-bond donors (Lipinski definition) is 1. The molecule has 1 saturated heterocycles. The molecule has 0 aliphatic carbocycles. The minimum absolute atomic E-state index is 0.0135. The molecule has 0 spiro atoms. The van der Waals surface area contributed by atoms with Crippen LogP contribution >= 0.6 is 0 Å². The van der Waals surface area contributed by atoms with Crippen LogP contribution in [0.4, 0.5) is 13.2 Å². The second kappa shape index (κ2) is 6.40. The first-order valence-corrected chi connectivity index (χ1v) is 6.02. The van der Waals surface area contributed by atoms with E-state index in [0.29, 0.717) is 0 Å². The van der Waals surface area contributed by atoms with Crippen molar-refractivity contribution in [2.24, 2.45) is 0 Å². The zero-order chi connectivity index (χ0) is 12.9. The molecular formula is C12H21F3N2. The zero-order valence-corrected chi connectivity index (χ0v) is 10.5. The van der Waals surface area contributed by atoms with Crippen molar-refractivity contribution in [1.29, 1.82) is 0 Å². The van der Waals surface area contributed by atoms with Crippen molar-refractivity contribution in [3.05, 3.63) is 11.6 Å².